The maximum Gasteiger partial charge on any atom is 0.227 e. The Morgan fingerprint density at radius 2 is 1.66 bits per heavy atom. The second-order valence-corrected chi connectivity index (χ2v) is 6.98. The highest BCUT2D eigenvalue weighted by molar-refractivity contribution is 5.79. The van der Waals surface area contributed by atoms with Gasteiger partial charge in [0, 0.05) is 26.2 Å². The van der Waals surface area contributed by atoms with Gasteiger partial charge in [0.1, 0.15) is 17.5 Å². The van der Waals surface area contributed by atoms with Gasteiger partial charge in [-0.3, -0.25) is 9.69 Å². The number of piperazine rings is 1. The zero-order valence-corrected chi connectivity index (χ0v) is 17.0. The number of carbonyl (C=O) groups excluding carboxylic acids is 1. The molecule has 1 amide bonds. The maximum atomic E-state index is 12.7. The van der Waals surface area contributed by atoms with Crippen LogP contribution < -0.4 is 9.47 Å². The standard InChI is InChI=1S/C23H27N3O3/c1-3-29-21-8-4-18(5-9-21)16-23(27)26-14-12-25(13-15-26)22(17-24)19-6-10-20(28-2)11-7-19/h4-11,22H,3,12-16H2,1-2H3. The van der Waals surface area contributed by atoms with Crippen LogP contribution in [-0.2, 0) is 11.2 Å². The molecule has 0 aliphatic carbocycles. The Hall–Kier alpha value is -3.04. The number of hydrogen-bond acceptors (Lipinski definition) is 5. The lowest BCUT2D eigenvalue weighted by atomic mass is 10.1. The van der Waals surface area contributed by atoms with Gasteiger partial charge in [0.2, 0.25) is 5.91 Å². The van der Waals surface area contributed by atoms with Crippen molar-refractivity contribution in [3.8, 4) is 17.6 Å². The number of benzene rings is 2. The van der Waals surface area contributed by atoms with Crippen molar-refractivity contribution in [2.24, 2.45) is 0 Å². The Balaban J connectivity index is 1.54. The Bertz CT molecular complexity index is 835. The fraction of sp³-hybridized carbons (Fsp3) is 0.391. The van der Waals surface area contributed by atoms with E-state index in [1.165, 1.54) is 0 Å². The first kappa shape index (κ1) is 20.7. The lowest BCUT2D eigenvalue weighted by Gasteiger charge is -2.37. The summed E-state index contributed by atoms with van der Waals surface area (Å²) in [6.45, 7) is 5.19. The molecule has 0 spiro atoms. The van der Waals surface area contributed by atoms with Crippen LogP contribution in [0.15, 0.2) is 48.5 Å². The lowest BCUT2D eigenvalue weighted by Crippen LogP contribution is -2.49. The SMILES string of the molecule is CCOc1ccc(CC(=O)N2CCN(C(C#N)c3ccc(OC)cc3)CC2)cc1. The maximum absolute atomic E-state index is 12.7. The van der Waals surface area contributed by atoms with E-state index in [4.69, 9.17) is 9.47 Å². The summed E-state index contributed by atoms with van der Waals surface area (Å²) >= 11 is 0. The number of nitriles is 1. The van der Waals surface area contributed by atoms with Gasteiger partial charge in [0.25, 0.3) is 0 Å². The van der Waals surface area contributed by atoms with Crippen LogP contribution in [0.5, 0.6) is 11.5 Å². The molecule has 1 heterocycles. The Labute approximate surface area is 172 Å². The third-order valence-corrected chi connectivity index (χ3v) is 5.18. The van der Waals surface area contributed by atoms with Crippen molar-refractivity contribution in [3.63, 3.8) is 0 Å². The van der Waals surface area contributed by atoms with E-state index in [1.54, 1.807) is 7.11 Å². The largest absolute Gasteiger partial charge is 0.497 e. The fourth-order valence-electron chi connectivity index (χ4n) is 3.54. The van der Waals surface area contributed by atoms with Crippen molar-refractivity contribution in [2.45, 2.75) is 19.4 Å². The molecule has 1 atom stereocenters. The molecule has 1 fully saturated rings. The molecule has 29 heavy (non-hydrogen) atoms. The number of nitrogens with zero attached hydrogens (tertiary/aromatic N) is 3. The van der Waals surface area contributed by atoms with E-state index >= 15 is 0 Å². The average Bonchev–Trinajstić information content (AvgIpc) is 2.77. The van der Waals surface area contributed by atoms with E-state index in [0.29, 0.717) is 39.2 Å². The normalized spacial score (nSPS) is 15.4. The molecule has 3 rings (SSSR count). The van der Waals surface area contributed by atoms with Crippen LogP contribution in [0.4, 0.5) is 0 Å². The number of hydrogen-bond donors (Lipinski definition) is 0. The summed E-state index contributed by atoms with van der Waals surface area (Å²) in [5, 5.41) is 9.68. The molecule has 1 unspecified atom stereocenters. The molecule has 2 aromatic carbocycles. The first-order chi connectivity index (χ1) is 14.1. The van der Waals surface area contributed by atoms with Crippen molar-refractivity contribution in [1.29, 1.82) is 5.26 Å². The zero-order valence-electron chi connectivity index (χ0n) is 17.0. The van der Waals surface area contributed by atoms with E-state index in [1.807, 2.05) is 60.4 Å². The molecule has 2 aromatic rings. The van der Waals surface area contributed by atoms with Crippen LogP contribution in [0.3, 0.4) is 0 Å². The van der Waals surface area contributed by atoms with Crippen molar-refractivity contribution >= 4 is 5.91 Å². The summed E-state index contributed by atoms with van der Waals surface area (Å²) in [5.74, 6) is 1.71. The van der Waals surface area contributed by atoms with Crippen LogP contribution in [-0.4, -0.2) is 55.6 Å². The van der Waals surface area contributed by atoms with Gasteiger partial charge in [-0.05, 0) is 42.3 Å². The number of rotatable bonds is 7. The van der Waals surface area contributed by atoms with Crippen molar-refractivity contribution < 1.29 is 14.3 Å². The molecule has 0 bridgehead atoms. The van der Waals surface area contributed by atoms with Crippen LogP contribution in [0.25, 0.3) is 0 Å². The first-order valence-electron chi connectivity index (χ1n) is 9.91. The highest BCUT2D eigenvalue weighted by atomic mass is 16.5. The highest BCUT2D eigenvalue weighted by Gasteiger charge is 2.27. The van der Waals surface area contributed by atoms with E-state index in [-0.39, 0.29) is 11.9 Å². The third kappa shape index (κ3) is 5.27. The molecule has 0 aromatic heterocycles. The van der Waals surface area contributed by atoms with Crippen LogP contribution in [0.1, 0.15) is 24.1 Å². The summed E-state index contributed by atoms with van der Waals surface area (Å²) in [6.07, 6.45) is 0.382. The third-order valence-electron chi connectivity index (χ3n) is 5.18. The van der Waals surface area contributed by atoms with Gasteiger partial charge in [0.15, 0.2) is 0 Å². The Kier molecular flexibility index (Phi) is 7.09. The molecule has 1 saturated heterocycles. The highest BCUT2D eigenvalue weighted by Crippen LogP contribution is 2.24. The van der Waals surface area contributed by atoms with Gasteiger partial charge < -0.3 is 14.4 Å². The monoisotopic (exact) mass is 393 g/mol. The number of methoxy groups -OCH3 is 1. The number of ether oxygens (including phenoxy) is 2. The minimum absolute atomic E-state index is 0.117. The quantitative estimate of drug-likeness (QED) is 0.723. The van der Waals surface area contributed by atoms with E-state index in [2.05, 4.69) is 11.0 Å². The minimum Gasteiger partial charge on any atom is -0.497 e. The summed E-state index contributed by atoms with van der Waals surface area (Å²) < 4.78 is 10.6. The smallest absolute Gasteiger partial charge is 0.227 e. The zero-order chi connectivity index (χ0) is 20.6. The van der Waals surface area contributed by atoms with Gasteiger partial charge in [-0.1, -0.05) is 24.3 Å². The van der Waals surface area contributed by atoms with Crippen molar-refractivity contribution in [2.75, 3.05) is 39.9 Å². The van der Waals surface area contributed by atoms with Gasteiger partial charge in [-0.15, -0.1) is 0 Å². The summed E-state index contributed by atoms with van der Waals surface area (Å²) in [6, 6.07) is 17.4. The summed E-state index contributed by atoms with van der Waals surface area (Å²) in [5.41, 5.74) is 1.93. The second-order valence-electron chi connectivity index (χ2n) is 6.98. The van der Waals surface area contributed by atoms with Gasteiger partial charge >= 0.3 is 0 Å². The molecular weight excluding hydrogens is 366 g/mol. The van der Waals surface area contributed by atoms with E-state index in [0.717, 1.165) is 22.6 Å². The molecular formula is C23H27N3O3. The van der Waals surface area contributed by atoms with Gasteiger partial charge in [0.05, 0.1) is 26.2 Å². The molecule has 0 N–H and O–H groups in total. The van der Waals surface area contributed by atoms with Crippen LogP contribution in [0, 0.1) is 11.3 Å². The van der Waals surface area contributed by atoms with Crippen LogP contribution in [0.2, 0.25) is 0 Å². The molecule has 6 heteroatoms. The van der Waals surface area contributed by atoms with Crippen LogP contribution >= 0.6 is 0 Å². The molecule has 0 saturated carbocycles. The first-order valence-corrected chi connectivity index (χ1v) is 9.91. The minimum atomic E-state index is -0.315. The Morgan fingerprint density at radius 3 is 2.21 bits per heavy atom. The molecule has 6 nitrogen and oxygen atoms in total. The predicted molar refractivity (Wildman–Crippen MR) is 111 cm³/mol. The van der Waals surface area contributed by atoms with Gasteiger partial charge in [-0.2, -0.15) is 5.26 Å². The summed E-state index contributed by atoms with van der Waals surface area (Å²) in [4.78, 5) is 16.7. The molecule has 0 radical (unpaired) electrons. The predicted octanol–water partition coefficient (Wildman–Crippen LogP) is 3.05. The Morgan fingerprint density at radius 1 is 1.03 bits per heavy atom. The molecule has 1 aliphatic rings. The second kappa shape index (κ2) is 9.94. The van der Waals surface area contributed by atoms with E-state index < -0.39 is 0 Å². The van der Waals surface area contributed by atoms with Crippen molar-refractivity contribution in [3.05, 3.63) is 59.7 Å². The number of amides is 1. The molecule has 1 aliphatic heterocycles. The topological polar surface area (TPSA) is 65.8 Å². The van der Waals surface area contributed by atoms with E-state index in [9.17, 15) is 10.1 Å². The number of carbonyl (C=O) groups is 1. The van der Waals surface area contributed by atoms with Gasteiger partial charge in [-0.25, -0.2) is 0 Å². The fourth-order valence-corrected chi connectivity index (χ4v) is 3.54. The van der Waals surface area contributed by atoms with Crippen molar-refractivity contribution in [1.82, 2.24) is 9.80 Å². The molecule has 152 valence electrons. The average molecular weight is 393 g/mol. The lowest BCUT2D eigenvalue weighted by molar-refractivity contribution is -0.132. The summed E-state index contributed by atoms with van der Waals surface area (Å²) in [7, 11) is 1.63.